The summed E-state index contributed by atoms with van der Waals surface area (Å²) >= 11 is 1.44. The van der Waals surface area contributed by atoms with Crippen molar-refractivity contribution < 1.29 is 19.3 Å². The minimum absolute atomic E-state index is 0.0542. The van der Waals surface area contributed by atoms with E-state index in [9.17, 15) is 14.9 Å². The van der Waals surface area contributed by atoms with Crippen molar-refractivity contribution in [2.75, 3.05) is 13.4 Å². The second kappa shape index (κ2) is 8.22. The molecule has 2 aromatic carbocycles. The number of ether oxygens (including phenoxy) is 1. The smallest absolute Gasteiger partial charge is 0.366 e. The second-order valence-corrected chi connectivity index (χ2v) is 6.72. The van der Waals surface area contributed by atoms with Crippen LogP contribution in [0.2, 0.25) is 0 Å². The largest absolute Gasteiger partial charge is 0.490 e. The van der Waals surface area contributed by atoms with E-state index in [1.165, 1.54) is 18.9 Å². The Labute approximate surface area is 160 Å². The molecule has 0 saturated heterocycles. The third kappa shape index (κ3) is 3.80. The molecule has 0 spiro atoms. The van der Waals surface area contributed by atoms with Gasteiger partial charge < -0.3 is 9.57 Å². The number of fused-ring (bicyclic) bond motifs is 1. The van der Waals surface area contributed by atoms with E-state index < -0.39 is 10.9 Å². The van der Waals surface area contributed by atoms with Gasteiger partial charge >= 0.3 is 11.7 Å². The molecule has 0 amide bonds. The summed E-state index contributed by atoms with van der Waals surface area (Å²) in [7, 11) is 1.40. The van der Waals surface area contributed by atoms with Crippen molar-refractivity contribution in [1.82, 2.24) is 0 Å². The number of nitro benzene ring substituents is 1. The first-order valence-corrected chi connectivity index (χ1v) is 9.55. The van der Waals surface area contributed by atoms with Crippen molar-refractivity contribution in [3.8, 4) is 5.75 Å². The fourth-order valence-corrected chi connectivity index (χ4v) is 3.71. The highest BCUT2D eigenvalue weighted by Crippen LogP contribution is 2.37. The van der Waals surface area contributed by atoms with Gasteiger partial charge in [-0.3, -0.25) is 10.1 Å². The molecule has 140 valence electrons. The molecule has 1 aliphatic rings. The molecule has 0 heterocycles. The molecule has 0 aliphatic heterocycles. The number of hydrogen-bond acceptors (Lipinski definition) is 7. The van der Waals surface area contributed by atoms with Crippen LogP contribution in [0.25, 0.3) is 0 Å². The molecular weight excluding hydrogens is 368 g/mol. The molecule has 27 heavy (non-hydrogen) atoms. The minimum Gasteiger partial charge on any atom is -0.490 e. The zero-order valence-electron chi connectivity index (χ0n) is 14.9. The zero-order chi connectivity index (χ0) is 19.4. The van der Waals surface area contributed by atoms with E-state index in [4.69, 9.17) is 9.57 Å². The van der Waals surface area contributed by atoms with Crippen molar-refractivity contribution in [2.45, 2.75) is 24.2 Å². The quantitative estimate of drug-likeness (QED) is 0.331. The Kier molecular flexibility index (Phi) is 5.75. The number of methoxy groups -OCH3 is 1. The maximum Gasteiger partial charge on any atom is 0.366 e. The minimum atomic E-state index is -0.553. The lowest BCUT2D eigenvalue weighted by molar-refractivity contribution is -0.386. The second-order valence-electron chi connectivity index (χ2n) is 5.87. The zero-order valence-corrected chi connectivity index (χ0v) is 15.7. The van der Waals surface area contributed by atoms with E-state index in [-0.39, 0.29) is 11.4 Å². The molecule has 0 bridgehead atoms. The van der Waals surface area contributed by atoms with Crippen LogP contribution >= 0.6 is 11.8 Å². The van der Waals surface area contributed by atoms with Gasteiger partial charge in [0.1, 0.15) is 0 Å². The SMILES string of the molecule is COc1ccc2c(c1[N+](=O)[O-])CCC/C2=N\OC(=O)c1ccccc1SC. The number of carbonyl (C=O) groups excluding carboxylic acids is 1. The number of nitro groups is 1. The van der Waals surface area contributed by atoms with Gasteiger partial charge in [0.15, 0.2) is 5.75 Å². The number of oxime groups is 1. The van der Waals surface area contributed by atoms with Gasteiger partial charge in [-0.2, -0.15) is 0 Å². The van der Waals surface area contributed by atoms with Gasteiger partial charge in [0.25, 0.3) is 0 Å². The number of rotatable bonds is 5. The van der Waals surface area contributed by atoms with Gasteiger partial charge in [0.05, 0.1) is 23.3 Å². The highest BCUT2D eigenvalue weighted by molar-refractivity contribution is 7.98. The first-order chi connectivity index (χ1) is 13.1. The first-order valence-electron chi connectivity index (χ1n) is 8.32. The molecule has 3 rings (SSSR count). The van der Waals surface area contributed by atoms with Gasteiger partial charge in [-0.15, -0.1) is 11.8 Å². The highest BCUT2D eigenvalue weighted by atomic mass is 32.2. The van der Waals surface area contributed by atoms with Gasteiger partial charge in [-0.05, 0) is 49.8 Å². The van der Waals surface area contributed by atoms with Crippen LogP contribution in [-0.2, 0) is 11.3 Å². The third-order valence-corrected chi connectivity index (χ3v) is 5.16. The van der Waals surface area contributed by atoms with Crippen LogP contribution in [0.5, 0.6) is 5.75 Å². The summed E-state index contributed by atoms with van der Waals surface area (Å²) in [6, 6.07) is 10.4. The molecule has 0 fully saturated rings. The van der Waals surface area contributed by atoms with Gasteiger partial charge in [0.2, 0.25) is 0 Å². The lowest BCUT2D eigenvalue weighted by atomic mass is 9.88. The van der Waals surface area contributed by atoms with Crippen LogP contribution in [0.4, 0.5) is 5.69 Å². The Morgan fingerprint density at radius 2 is 2.00 bits per heavy atom. The van der Waals surface area contributed by atoms with Crippen molar-refractivity contribution in [2.24, 2.45) is 5.16 Å². The van der Waals surface area contributed by atoms with Crippen molar-refractivity contribution in [1.29, 1.82) is 0 Å². The highest BCUT2D eigenvalue weighted by Gasteiger charge is 2.29. The average molecular weight is 386 g/mol. The lowest BCUT2D eigenvalue weighted by Crippen LogP contribution is -2.16. The number of nitrogens with zero attached hydrogens (tertiary/aromatic N) is 2. The van der Waals surface area contributed by atoms with Crippen LogP contribution < -0.4 is 4.74 Å². The van der Waals surface area contributed by atoms with Gasteiger partial charge in [-0.1, -0.05) is 17.3 Å². The molecule has 2 aromatic rings. The monoisotopic (exact) mass is 386 g/mol. The summed E-state index contributed by atoms with van der Waals surface area (Å²) in [5, 5.41) is 15.5. The fraction of sp³-hybridized carbons (Fsp3) is 0.263. The Balaban J connectivity index is 1.93. The van der Waals surface area contributed by atoms with Crippen molar-refractivity contribution >= 4 is 29.1 Å². The number of hydrogen-bond donors (Lipinski definition) is 0. The molecule has 0 radical (unpaired) electrons. The molecule has 0 saturated carbocycles. The van der Waals surface area contributed by atoms with Crippen LogP contribution in [0.1, 0.15) is 34.3 Å². The van der Waals surface area contributed by atoms with E-state index >= 15 is 0 Å². The standard InChI is InChI=1S/C19H18N2O5S/c1-25-16-11-10-12-13(18(16)21(23)24)7-5-8-15(12)20-26-19(22)14-6-3-4-9-17(14)27-2/h3-4,6,9-11H,5,7-8H2,1-2H3/b20-15+. The van der Waals surface area contributed by atoms with Crippen LogP contribution in [0.15, 0.2) is 46.4 Å². The third-order valence-electron chi connectivity index (χ3n) is 4.37. The summed E-state index contributed by atoms with van der Waals surface area (Å²) in [5.74, 6) is -0.339. The van der Waals surface area contributed by atoms with Crippen LogP contribution in [-0.4, -0.2) is 30.0 Å². The maximum absolute atomic E-state index is 12.4. The molecule has 8 heteroatoms. The van der Waals surface area contributed by atoms with E-state index in [2.05, 4.69) is 5.16 Å². The van der Waals surface area contributed by atoms with E-state index in [1.54, 1.807) is 24.3 Å². The van der Waals surface area contributed by atoms with Crippen LogP contribution in [0, 0.1) is 10.1 Å². The van der Waals surface area contributed by atoms with Gasteiger partial charge in [0, 0.05) is 16.0 Å². The van der Waals surface area contributed by atoms with Gasteiger partial charge in [-0.25, -0.2) is 4.79 Å². The molecule has 0 unspecified atom stereocenters. The maximum atomic E-state index is 12.4. The summed E-state index contributed by atoms with van der Waals surface area (Å²) in [4.78, 5) is 29.4. The topological polar surface area (TPSA) is 91.0 Å². The van der Waals surface area contributed by atoms with E-state index in [0.29, 0.717) is 41.7 Å². The van der Waals surface area contributed by atoms with Crippen molar-refractivity contribution in [3.05, 3.63) is 63.2 Å². The predicted octanol–water partition coefficient (Wildman–Crippen LogP) is 4.22. The average Bonchev–Trinajstić information content (AvgIpc) is 2.70. The normalized spacial score (nSPS) is 14.5. The van der Waals surface area contributed by atoms with E-state index in [0.717, 1.165) is 4.90 Å². The molecule has 0 atom stereocenters. The Morgan fingerprint density at radius 3 is 2.70 bits per heavy atom. The number of thioether (sulfide) groups is 1. The first kappa shape index (κ1) is 18.9. The number of benzene rings is 2. The Hall–Kier alpha value is -2.87. The molecular formula is C19H18N2O5S. The number of carbonyl (C=O) groups is 1. The summed E-state index contributed by atoms with van der Waals surface area (Å²) in [6.45, 7) is 0. The predicted molar refractivity (Wildman–Crippen MR) is 103 cm³/mol. The summed E-state index contributed by atoms with van der Waals surface area (Å²) in [6.07, 6.45) is 3.68. The lowest BCUT2D eigenvalue weighted by Gasteiger charge is -2.18. The van der Waals surface area contributed by atoms with Crippen molar-refractivity contribution in [3.63, 3.8) is 0 Å². The molecule has 7 nitrogen and oxygen atoms in total. The Bertz CT molecular complexity index is 926. The fourth-order valence-electron chi connectivity index (χ4n) is 3.12. The van der Waals surface area contributed by atoms with E-state index in [1.807, 2.05) is 18.4 Å². The molecule has 0 aromatic heterocycles. The molecule has 0 N–H and O–H groups in total. The Morgan fingerprint density at radius 1 is 1.22 bits per heavy atom. The molecule has 1 aliphatic carbocycles. The summed E-state index contributed by atoms with van der Waals surface area (Å²) < 4.78 is 5.12. The van der Waals surface area contributed by atoms with Crippen LogP contribution in [0.3, 0.4) is 0 Å². The summed E-state index contributed by atoms with van der Waals surface area (Å²) in [5.41, 5.74) is 2.09.